The normalized spacial score (nSPS) is 9.65. The van der Waals surface area contributed by atoms with Crippen LogP contribution in [0.4, 0.5) is 15.9 Å². The monoisotopic (exact) mass is 271 g/mol. The third-order valence-corrected chi connectivity index (χ3v) is 2.52. The Balaban J connectivity index is 2.17. The van der Waals surface area contributed by atoms with Gasteiger partial charge in [0.25, 0.3) is 5.91 Å². The lowest BCUT2D eigenvalue weighted by Gasteiger charge is -2.07. The first-order valence-electron chi connectivity index (χ1n) is 5.57. The van der Waals surface area contributed by atoms with E-state index in [-0.39, 0.29) is 16.8 Å². The molecule has 1 aromatic heterocycles. The SMILES string of the molecule is N#Cc1ccc(NC(=O)c2ccc(NN)nc2)c(F)c1. The molecule has 1 aromatic carbocycles. The maximum Gasteiger partial charge on any atom is 0.257 e. The van der Waals surface area contributed by atoms with Gasteiger partial charge in [-0.1, -0.05) is 0 Å². The maximum atomic E-state index is 13.6. The minimum atomic E-state index is -0.675. The summed E-state index contributed by atoms with van der Waals surface area (Å²) in [6.45, 7) is 0. The van der Waals surface area contributed by atoms with Crippen molar-refractivity contribution in [3.63, 3.8) is 0 Å². The number of nitrogens with two attached hydrogens (primary N) is 1. The second-order valence-corrected chi connectivity index (χ2v) is 3.84. The highest BCUT2D eigenvalue weighted by molar-refractivity contribution is 6.04. The summed E-state index contributed by atoms with van der Waals surface area (Å²) in [5, 5.41) is 11.0. The average molecular weight is 271 g/mol. The number of carbonyl (C=O) groups excluding carboxylic acids is 1. The van der Waals surface area contributed by atoms with E-state index in [1.165, 1.54) is 30.5 Å². The van der Waals surface area contributed by atoms with E-state index in [2.05, 4.69) is 15.7 Å². The number of nitrogens with zero attached hydrogens (tertiary/aromatic N) is 2. The minimum Gasteiger partial charge on any atom is -0.319 e. The molecule has 6 nitrogen and oxygen atoms in total. The molecule has 20 heavy (non-hydrogen) atoms. The molecular weight excluding hydrogens is 261 g/mol. The summed E-state index contributed by atoms with van der Waals surface area (Å²) < 4.78 is 13.6. The summed E-state index contributed by atoms with van der Waals surface area (Å²) >= 11 is 0. The van der Waals surface area contributed by atoms with Crippen LogP contribution in [0.25, 0.3) is 0 Å². The number of benzene rings is 1. The van der Waals surface area contributed by atoms with Crippen molar-refractivity contribution in [1.29, 1.82) is 5.26 Å². The second kappa shape index (κ2) is 5.77. The molecular formula is C13H10FN5O. The van der Waals surface area contributed by atoms with Crippen LogP contribution in [0.15, 0.2) is 36.5 Å². The predicted molar refractivity (Wildman–Crippen MR) is 71.1 cm³/mol. The highest BCUT2D eigenvalue weighted by atomic mass is 19.1. The fourth-order valence-corrected chi connectivity index (χ4v) is 1.49. The van der Waals surface area contributed by atoms with Gasteiger partial charge in [0.1, 0.15) is 11.6 Å². The van der Waals surface area contributed by atoms with Crippen LogP contribution in [-0.4, -0.2) is 10.9 Å². The number of carbonyl (C=O) groups is 1. The van der Waals surface area contributed by atoms with Crippen LogP contribution in [0.2, 0.25) is 0 Å². The summed E-state index contributed by atoms with van der Waals surface area (Å²) in [4.78, 5) is 15.8. The van der Waals surface area contributed by atoms with Gasteiger partial charge in [-0.25, -0.2) is 15.2 Å². The third-order valence-electron chi connectivity index (χ3n) is 2.52. The summed E-state index contributed by atoms with van der Waals surface area (Å²) in [5.74, 6) is 4.38. The van der Waals surface area contributed by atoms with Crippen molar-refractivity contribution in [3.8, 4) is 6.07 Å². The standard InChI is InChI=1S/C13H10FN5O/c14-10-5-8(6-15)1-3-11(10)18-13(20)9-2-4-12(19-16)17-7-9/h1-5,7H,16H2,(H,17,19)(H,18,20). The van der Waals surface area contributed by atoms with E-state index in [0.29, 0.717) is 5.82 Å². The molecule has 2 aromatic rings. The molecule has 0 saturated heterocycles. The van der Waals surface area contributed by atoms with Gasteiger partial charge < -0.3 is 10.7 Å². The molecule has 0 unspecified atom stereocenters. The first-order chi connectivity index (χ1) is 9.63. The van der Waals surface area contributed by atoms with Crippen LogP contribution in [0.5, 0.6) is 0 Å². The minimum absolute atomic E-state index is 0.00461. The van der Waals surface area contributed by atoms with E-state index in [4.69, 9.17) is 11.1 Å². The smallest absolute Gasteiger partial charge is 0.257 e. The van der Waals surface area contributed by atoms with Crippen molar-refractivity contribution in [2.45, 2.75) is 0 Å². The fourth-order valence-electron chi connectivity index (χ4n) is 1.49. The Morgan fingerprint density at radius 3 is 2.70 bits per heavy atom. The highest BCUT2D eigenvalue weighted by Gasteiger charge is 2.10. The number of pyridine rings is 1. The number of rotatable bonds is 3. The maximum absolute atomic E-state index is 13.6. The van der Waals surface area contributed by atoms with Crippen LogP contribution in [0, 0.1) is 17.1 Å². The number of halogens is 1. The molecule has 4 N–H and O–H groups in total. The van der Waals surface area contributed by atoms with E-state index in [0.717, 1.165) is 6.07 Å². The Bertz CT molecular complexity index is 678. The number of nitriles is 1. The molecule has 0 spiro atoms. The lowest BCUT2D eigenvalue weighted by Crippen LogP contribution is -2.14. The number of hydrogen-bond donors (Lipinski definition) is 3. The molecule has 2 rings (SSSR count). The molecule has 0 aliphatic rings. The van der Waals surface area contributed by atoms with Crippen molar-refractivity contribution in [3.05, 3.63) is 53.5 Å². The van der Waals surface area contributed by atoms with Gasteiger partial charge in [-0.3, -0.25) is 4.79 Å². The van der Waals surface area contributed by atoms with E-state index < -0.39 is 11.7 Å². The van der Waals surface area contributed by atoms with E-state index in [1.807, 2.05) is 6.07 Å². The topological polar surface area (TPSA) is 104 Å². The van der Waals surface area contributed by atoms with Gasteiger partial charge in [0.05, 0.1) is 22.9 Å². The first-order valence-corrected chi connectivity index (χ1v) is 5.57. The zero-order chi connectivity index (χ0) is 14.5. The molecule has 0 aliphatic heterocycles. The number of nitrogen functional groups attached to an aromatic ring is 1. The fraction of sp³-hybridized carbons (Fsp3) is 0. The Kier molecular flexibility index (Phi) is 3.88. The zero-order valence-corrected chi connectivity index (χ0v) is 10.2. The van der Waals surface area contributed by atoms with Crippen LogP contribution in [-0.2, 0) is 0 Å². The molecule has 0 atom stereocenters. The number of amides is 1. The Morgan fingerprint density at radius 2 is 2.15 bits per heavy atom. The van der Waals surface area contributed by atoms with Gasteiger partial charge >= 0.3 is 0 Å². The molecule has 1 amide bonds. The molecule has 0 fully saturated rings. The molecule has 1 heterocycles. The zero-order valence-electron chi connectivity index (χ0n) is 10.2. The lowest BCUT2D eigenvalue weighted by atomic mass is 10.2. The molecule has 0 radical (unpaired) electrons. The number of hydrogen-bond acceptors (Lipinski definition) is 5. The quantitative estimate of drug-likeness (QED) is 0.581. The largest absolute Gasteiger partial charge is 0.319 e. The molecule has 0 aliphatic carbocycles. The Morgan fingerprint density at radius 1 is 1.35 bits per heavy atom. The van der Waals surface area contributed by atoms with Crippen LogP contribution >= 0.6 is 0 Å². The van der Waals surface area contributed by atoms with Crippen molar-refractivity contribution in [2.24, 2.45) is 5.84 Å². The summed E-state index contributed by atoms with van der Waals surface area (Å²) in [5.41, 5.74) is 2.76. The van der Waals surface area contributed by atoms with Crippen LogP contribution < -0.4 is 16.6 Å². The number of anilines is 2. The van der Waals surface area contributed by atoms with Gasteiger partial charge in [0, 0.05) is 6.20 Å². The van der Waals surface area contributed by atoms with Gasteiger partial charge in [-0.2, -0.15) is 5.26 Å². The van der Waals surface area contributed by atoms with Gasteiger partial charge in [-0.15, -0.1) is 0 Å². The van der Waals surface area contributed by atoms with Gasteiger partial charge in [0.15, 0.2) is 0 Å². The second-order valence-electron chi connectivity index (χ2n) is 3.84. The summed E-state index contributed by atoms with van der Waals surface area (Å²) in [7, 11) is 0. The van der Waals surface area contributed by atoms with Gasteiger partial charge in [-0.05, 0) is 30.3 Å². The first kappa shape index (κ1) is 13.5. The van der Waals surface area contributed by atoms with Crippen LogP contribution in [0.1, 0.15) is 15.9 Å². The van der Waals surface area contributed by atoms with E-state index in [9.17, 15) is 9.18 Å². The van der Waals surface area contributed by atoms with Gasteiger partial charge in [0.2, 0.25) is 0 Å². The number of aromatic nitrogens is 1. The summed E-state index contributed by atoms with van der Waals surface area (Å²) in [6, 6.07) is 8.62. The summed E-state index contributed by atoms with van der Waals surface area (Å²) in [6.07, 6.45) is 1.31. The van der Waals surface area contributed by atoms with E-state index >= 15 is 0 Å². The molecule has 0 saturated carbocycles. The highest BCUT2D eigenvalue weighted by Crippen LogP contribution is 2.16. The number of nitrogens with one attached hydrogen (secondary N) is 2. The Labute approximate surface area is 114 Å². The van der Waals surface area contributed by atoms with Crippen molar-refractivity contribution in [1.82, 2.24) is 4.98 Å². The van der Waals surface area contributed by atoms with Crippen molar-refractivity contribution < 1.29 is 9.18 Å². The van der Waals surface area contributed by atoms with Crippen molar-refractivity contribution in [2.75, 3.05) is 10.7 Å². The predicted octanol–water partition coefficient (Wildman–Crippen LogP) is 1.63. The Hall–Kier alpha value is -2.98. The molecule has 7 heteroatoms. The van der Waals surface area contributed by atoms with Crippen molar-refractivity contribution >= 4 is 17.4 Å². The van der Waals surface area contributed by atoms with E-state index in [1.54, 1.807) is 0 Å². The number of hydrazine groups is 1. The average Bonchev–Trinajstić information content (AvgIpc) is 2.49. The third kappa shape index (κ3) is 2.88. The molecule has 0 bridgehead atoms. The lowest BCUT2D eigenvalue weighted by molar-refractivity contribution is 0.102. The molecule has 100 valence electrons. The van der Waals surface area contributed by atoms with Crippen LogP contribution in [0.3, 0.4) is 0 Å².